The normalized spacial score (nSPS) is 23.2. The van der Waals surface area contributed by atoms with Gasteiger partial charge in [0.25, 0.3) is 0 Å². The predicted octanol–water partition coefficient (Wildman–Crippen LogP) is -0.628. The van der Waals surface area contributed by atoms with Crippen LogP contribution in [0.25, 0.3) is 0 Å². The monoisotopic (exact) mass is 412 g/mol. The standard InChI is InChI=1S/C15H14F2N6O4S/c1-27-14-21-11-12-10(4-19-13(11)22-14)20-15(24)23(12)5-7-8(16)2-6(3-9(7)17)28(18,25)26/h2-4,13,15,20,24H,5H2,1H3,(H2,18,25,26). The van der Waals surface area contributed by atoms with Crippen LogP contribution < -0.4 is 10.5 Å². The van der Waals surface area contributed by atoms with Gasteiger partial charge in [0.1, 0.15) is 17.3 Å². The van der Waals surface area contributed by atoms with Crippen molar-refractivity contribution in [3.05, 3.63) is 40.7 Å². The van der Waals surface area contributed by atoms with Gasteiger partial charge in [0.2, 0.25) is 16.4 Å². The van der Waals surface area contributed by atoms with Gasteiger partial charge in [-0.2, -0.15) is 9.98 Å². The summed E-state index contributed by atoms with van der Waals surface area (Å²) in [7, 11) is -2.89. The van der Waals surface area contributed by atoms with Gasteiger partial charge in [0.15, 0.2) is 6.17 Å². The molecule has 1 aromatic rings. The zero-order chi connectivity index (χ0) is 20.2. The molecular formula is C15H14F2N6O4S. The molecule has 2 atom stereocenters. The first kappa shape index (κ1) is 18.5. The lowest BCUT2D eigenvalue weighted by Gasteiger charge is -2.26. The van der Waals surface area contributed by atoms with Gasteiger partial charge in [0.05, 0.1) is 29.9 Å². The van der Waals surface area contributed by atoms with E-state index in [1.807, 2.05) is 0 Å². The van der Waals surface area contributed by atoms with Gasteiger partial charge >= 0.3 is 6.02 Å². The summed E-state index contributed by atoms with van der Waals surface area (Å²) < 4.78 is 56.5. The van der Waals surface area contributed by atoms with Crippen molar-refractivity contribution >= 4 is 28.0 Å². The van der Waals surface area contributed by atoms with Gasteiger partial charge in [-0.3, -0.25) is 4.99 Å². The highest BCUT2D eigenvalue weighted by molar-refractivity contribution is 7.89. The van der Waals surface area contributed by atoms with E-state index in [9.17, 15) is 22.3 Å². The highest BCUT2D eigenvalue weighted by Crippen LogP contribution is 2.31. The third-order valence-electron chi connectivity index (χ3n) is 4.36. The van der Waals surface area contributed by atoms with Gasteiger partial charge in [-0.05, 0) is 12.1 Å². The Labute approximate surface area is 157 Å². The van der Waals surface area contributed by atoms with Crippen LogP contribution in [0.15, 0.2) is 43.4 Å². The fourth-order valence-electron chi connectivity index (χ4n) is 3.05. The maximum atomic E-state index is 14.4. The Balaban J connectivity index is 1.71. The Morgan fingerprint density at radius 1 is 1.36 bits per heavy atom. The number of methoxy groups -OCH3 is 1. The number of hydrogen-bond donors (Lipinski definition) is 3. The topological polar surface area (TPSA) is 142 Å². The quantitative estimate of drug-likeness (QED) is 0.604. The van der Waals surface area contributed by atoms with Crippen LogP contribution in [0.3, 0.4) is 0 Å². The molecule has 2 unspecified atom stereocenters. The van der Waals surface area contributed by atoms with Crippen molar-refractivity contribution in [2.45, 2.75) is 24.0 Å². The van der Waals surface area contributed by atoms with E-state index in [0.717, 1.165) is 0 Å². The third kappa shape index (κ3) is 2.93. The van der Waals surface area contributed by atoms with Crippen molar-refractivity contribution in [2.75, 3.05) is 7.11 Å². The van der Waals surface area contributed by atoms with Crippen LogP contribution in [-0.2, 0) is 21.3 Å². The molecule has 3 heterocycles. The average molecular weight is 412 g/mol. The second-order valence-corrected chi connectivity index (χ2v) is 7.64. The van der Waals surface area contributed by atoms with Gasteiger partial charge in [-0.25, -0.2) is 22.3 Å². The number of nitrogens with one attached hydrogen (secondary N) is 1. The van der Waals surface area contributed by atoms with Crippen LogP contribution in [0.2, 0.25) is 0 Å². The Morgan fingerprint density at radius 3 is 2.64 bits per heavy atom. The van der Waals surface area contributed by atoms with E-state index in [0.29, 0.717) is 29.2 Å². The van der Waals surface area contributed by atoms with Crippen LogP contribution in [-0.4, -0.2) is 56.0 Å². The minimum absolute atomic E-state index is 0.0853. The summed E-state index contributed by atoms with van der Waals surface area (Å²) in [6, 6.07) is 1.34. The number of ether oxygens (including phenoxy) is 1. The molecule has 3 aliphatic rings. The molecule has 28 heavy (non-hydrogen) atoms. The highest BCUT2D eigenvalue weighted by atomic mass is 32.2. The van der Waals surface area contributed by atoms with Gasteiger partial charge in [-0.15, -0.1) is 0 Å². The molecule has 4 rings (SSSR count). The summed E-state index contributed by atoms with van der Waals surface area (Å²) in [6.07, 6.45) is -0.579. The number of aliphatic hydroxyl groups excluding tert-OH is 1. The van der Waals surface area contributed by atoms with Crippen LogP contribution >= 0.6 is 0 Å². The van der Waals surface area contributed by atoms with E-state index in [4.69, 9.17) is 9.88 Å². The Bertz CT molecular complexity index is 1070. The number of aliphatic hydroxyl groups is 1. The van der Waals surface area contributed by atoms with Crippen LogP contribution in [0.1, 0.15) is 5.56 Å². The van der Waals surface area contributed by atoms with Gasteiger partial charge < -0.3 is 20.1 Å². The number of sulfonamides is 1. The lowest BCUT2D eigenvalue weighted by molar-refractivity contribution is 0.0250. The largest absolute Gasteiger partial charge is 0.467 e. The van der Waals surface area contributed by atoms with Crippen LogP contribution in [0.5, 0.6) is 0 Å². The number of nitrogens with zero attached hydrogens (tertiary/aromatic N) is 4. The minimum atomic E-state index is -4.27. The van der Waals surface area contributed by atoms with E-state index in [2.05, 4.69) is 20.3 Å². The summed E-state index contributed by atoms with van der Waals surface area (Å²) in [5, 5.41) is 18.0. The van der Waals surface area contributed by atoms with E-state index < -0.39 is 51.2 Å². The van der Waals surface area contributed by atoms with Crippen molar-refractivity contribution in [3.8, 4) is 0 Å². The molecule has 0 amide bonds. The maximum absolute atomic E-state index is 14.4. The van der Waals surface area contributed by atoms with E-state index in [1.165, 1.54) is 18.2 Å². The third-order valence-corrected chi connectivity index (χ3v) is 5.25. The molecule has 0 aromatic heterocycles. The molecule has 10 nitrogen and oxygen atoms in total. The van der Waals surface area contributed by atoms with Crippen molar-refractivity contribution in [2.24, 2.45) is 20.1 Å². The molecule has 0 saturated heterocycles. The molecule has 0 bridgehead atoms. The van der Waals surface area contributed by atoms with Crippen LogP contribution in [0.4, 0.5) is 8.78 Å². The number of benzene rings is 1. The second-order valence-electron chi connectivity index (χ2n) is 6.08. The smallest absolute Gasteiger partial charge is 0.314 e. The molecular weight excluding hydrogens is 398 g/mol. The molecule has 13 heteroatoms. The molecule has 148 valence electrons. The number of halogens is 2. The summed E-state index contributed by atoms with van der Waals surface area (Å²) >= 11 is 0. The Kier molecular flexibility index (Phi) is 4.17. The molecule has 0 saturated carbocycles. The first-order valence-corrected chi connectivity index (χ1v) is 9.44. The minimum Gasteiger partial charge on any atom is -0.467 e. The zero-order valence-corrected chi connectivity index (χ0v) is 15.1. The van der Waals surface area contributed by atoms with Crippen molar-refractivity contribution < 1.29 is 27.0 Å². The summed E-state index contributed by atoms with van der Waals surface area (Å²) in [5.41, 5.74) is 0.655. The number of aliphatic imine (C=N–C) groups is 3. The zero-order valence-electron chi connectivity index (χ0n) is 14.3. The van der Waals surface area contributed by atoms with E-state index >= 15 is 0 Å². The molecule has 0 radical (unpaired) electrons. The van der Waals surface area contributed by atoms with Gasteiger partial charge in [0, 0.05) is 11.8 Å². The number of dihydropyridines is 1. The number of hydrogen-bond acceptors (Lipinski definition) is 9. The summed E-state index contributed by atoms with van der Waals surface area (Å²) in [4.78, 5) is 13.1. The molecule has 0 aliphatic carbocycles. The van der Waals surface area contributed by atoms with Crippen LogP contribution in [0, 0.1) is 11.6 Å². The number of nitrogens with two attached hydrogens (primary N) is 1. The number of fused-ring (bicyclic) bond motifs is 2. The SMILES string of the molecule is COC1=NC2N=CC3=C(C2=N1)N(Cc1c(F)cc(S(N)(=O)=O)cc1F)C(O)N3. The molecule has 4 N–H and O–H groups in total. The molecule has 1 aromatic carbocycles. The van der Waals surface area contributed by atoms with Gasteiger partial charge in [-0.1, -0.05) is 0 Å². The maximum Gasteiger partial charge on any atom is 0.314 e. The summed E-state index contributed by atoms with van der Waals surface area (Å²) in [5.74, 6) is -2.23. The lowest BCUT2D eigenvalue weighted by atomic mass is 10.1. The molecule has 3 aliphatic heterocycles. The van der Waals surface area contributed by atoms with E-state index in [-0.39, 0.29) is 6.02 Å². The molecule has 0 fully saturated rings. The van der Waals surface area contributed by atoms with Crippen molar-refractivity contribution in [1.29, 1.82) is 0 Å². The Morgan fingerprint density at radius 2 is 2.04 bits per heavy atom. The fraction of sp³-hybridized carbons (Fsp3) is 0.267. The van der Waals surface area contributed by atoms with Crippen molar-refractivity contribution in [1.82, 2.24) is 10.2 Å². The summed E-state index contributed by atoms with van der Waals surface area (Å²) in [6.45, 7) is -0.419. The number of amidine groups is 1. The fourth-order valence-corrected chi connectivity index (χ4v) is 3.59. The number of allylic oxidation sites excluding steroid dienone is 1. The lowest BCUT2D eigenvalue weighted by Crippen LogP contribution is -2.39. The average Bonchev–Trinajstić information content (AvgIpc) is 3.17. The predicted molar refractivity (Wildman–Crippen MR) is 93.6 cm³/mol. The van der Waals surface area contributed by atoms with Crippen molar-refractivity contribution in [3.63, 3.8) is 0 Å². The second kappa shape index (κ2) is 6.32. The van der Waals surface area contributed by atoms with E-state index in [1.54, 1.807) is 0 Å². The first-order chi connectivity index (χ1) is 13.2. The number of primary sulfonamides is 1. The number of rotatable bonds is 3. The Hall–Kier alpha value is -2.90. The first-order valence-electron chi connectivity index (χ1n) is 7.89. The highest BCUT2D eigenvalue weighted by Gasteiger charge is 2.40. The molecule has 0 spiro atoms.